The third kappa shape index (κ3) is 2.62. The van der Waals surface area contributed by atoms with Crippen LogP contribution in [0.15, 0.2) is 53.4 Å². The number of hydrogen-bond donors (Lipinski definition) is 1. The van der Waals surface area contributed by atoms with Crippen LogP contribution < -0.4 is 5.32 Å². The molecule has 3 rings (SSSR count). The smallest absolute Gasteiger partial charge is 0.255 e. The summed E-state index contributed by atoms with van der Waals surface area (Å²) in [6.45, 7) is 0. The molecule has 1 aromatic carbocycles. The van der Waals surface area contributed by atoms with E-state index >= 15 is 0 Å². The summed E-state index contributed by atoms with van der Waals surface area (Å²) in [5.74, 6) is -0.0710. The molecule has 0 saturated heterocycles. The highest BCUT2D eigenvalue weighted by Crippen LogP contribution is 2.24. The molecule has 1 N–H and O–H groups in total. The van der Waals surface area contributed by atoms with Gasteiger partial charge in [0.2, 0.25) is 0 Å². The van der Waals surface area contributed by atoms with Crippen LogP contribution in [0.1, 0.15) is 10.4 Å². The summed E-state index contributed by atoms with van der Waals surface area (Å²) < 4.78 is 0. The zero-order valence-corrected chi connectivity index (χ0v) is 11.5. The Hall–Kier alpha value is -1.84. The molecule has 0 fully saturated rings. The van der Waals surface area contributed by atoms with Gasteiger partial charge in [-0.2, -0.15) is 0 Å². The molecule has 1 aliphatic heterocycles. The van der Waals surface area contributed by atoms with Crippen LogP contribution in [0.2, 0.25) is 5.02 Å². The molecule has 1 aliphatic rings. The van der Waals surface area contributed by atoms with Crippen molar-refractivity contribution in [3.63, 3.8) is 0 Å². The van der Waals surface area contributed by atoms with Crippen LogP contribution in [-0.2, 0) is 4.79 Å². The number of hydrogen-bond acceptors (Lipinski definition) is 2. The van der Waals surface area contributed by atoms with E-state index < -0.39 is 0 Å². The van der Waals surface area contributed by atoms with E-state index in [0.29, 0.717) is 10.6 Å². The highest BCUT2D eigenvalue weighted by Gasteiger charge is 2.18. The van der Waals surface area contributed by atoms with E-state index in [9.17, 15) is 4.79 Å². The van der Waals surface area contributed by atoms with Gasteiger partial charge in [-0.1, -0.05) is 29.8 Å². The highest BCUT2D eigenvalue weighted by atomic mass is 35.5. The number of halogens is 1. The molecular formula is C15H10ClNOS. The van der Waals surface area contributed by atoms with E-state index in [2.05, 4.69) is 5.32 Å². The summed E-state index contributed by atoms with van der Waals surface area (Å²) in [6, 6.07) is 11.4. The summed E-state index contributed by atoms with van der Waals surface area (Å²) in [5, 5.41) is 5.54. The lowest BCUT2D eigenvalue weighted by atomic mass is 10.1. The van der Waals surface area contributed by atoms with Crippen LogP contribution in [-0.4, -0.2) is 5.91 Å². The molecule has 0 aliphatic carbocycles. The largest absolute Gasteiger partial charge is 0.321 e. The quantitative estimate of drug-likeness (QED) is 0.833. The fourth-order valence-corrected chi connectivity index (χ4v) is 2.66. The maximum absolute atomic E-state index is 11.9. The fourth-order valence-electron chi connectivity index (χ4n) is 1.87. The molecular weight excluding hydrogens is 278 g/mol. The molecule has 1 amide bonds. The topological polar surface area (TPSA) is 29.1 Å². The SMILES string of the molecule is O=C1NC(c2ccc(Cl)cc2)=C/C1=C\c1cccs1. The average Bonchev–Trinajstić information content (AvgIpc) is 3.02. The van der Waals surface area contributed by atoms with Gasteiger partial charge in [0.25, 0.3) is 5.91 Å². The van der Waals surface area contributed by atoms with Crippen molar-refractivity contribution in [1.82, 2.24) is 5.32 Å². The first-order valence-electron chi connectivity index (χ1n) is 5.76. The van der Waals surface area contributed by atoms with Crippen LogP contribution in [0.25, 0.3) is 11.8 Å². The normalized spacial score (nSPS) is 16.6. The lowest BCUT2D eigenvalue weighted by Crippen LogP contribution is -2.15. The molecule has 2 heterocycles. The second kappa shape index (κ2) is 5.03. The van der Waals surface area contributed by atoms with Gasteiger partial charge < -0.3 is 5.32 Å². The zero-order chi connectivity index (χ0) is 13.2. The maximum Gasteiger partial charge on any atom is 0.255 e. The Morgan fingerprint density at radius 3 is 2.63 bits per heavy atom. The van der Waals surface area contributed by atoms with Gasteiger partial charge in [0, 0.05) is 21.2 Å². The minimum absolute atomic E-state index is 0.0710. The van der Waals surface area contributed by atoms with Gasteiger partial charge in [0.15, 0.2) is 0 Å². The van der Waals surface area contributed by atoms with E-state index in [1.807, 2.05) is 53.9 Å². The van der Waals surface area contributed by atoms with Gasteiger partial charge in [0.1, 0.15) is 0 Å². The second-order valence-electron chi connectivity index (χ2n) is 4.13. The van der Waals surface area contributed by atoms with Crippen molar-refractivity contribution < 1.29 is 4.79 Å². The standard InChI is InChI=1S/C15H10ClNOS/c16-12-5-3-10(4-6-12)14-9-11(15(18)17-14)8-13-2-1-7-19-13/h1-9H,(H,17,18)/b11-8+. The lowest BCUT2D eigenvalue weighted by molar-refractivity contribution is -0.115. The van der Waals surface area contributed by atoms with E-state index in [1.165, 1.54) is 0 Å². The predicted octanol–water partition coefficient (Wildman–Crippen LogP) is 3.96. The van der Waals surface area contributed by atoms with Crippen molar-refractivity contribution in [1.29, 1.82) is 0 Å². The predicted molar refractivity (Wildman–Crippen MR) is 79.9 cm³/mol. The Balaban J connectivity index is 1.93. The molecule has 1 aromatic heterocycles. The summed E-state index contributed by atoms with van der Waals surface area (Å²) >= 11 is 7.46. The Kier molecular flexibility index (Phi) is 3.23. The Bertz CT molecular complexity index is 669. The van der Waals surface area contributed by atoms with Crippen molar-refractivity contribution in [2.45, 2.75) is 0 Å². The Labute approximate surface area is 120 Å². The van der Waals surface area contributed by atoms with E-state index in [1.54, 1.807) is 11.3 Å². The average molecular weight is 288 g/mol. The van der Waals surface area contributed by atoms with Crippen molar-refractivity contribution in [2.24, 2.45) is 0 Å². The van der Waals surface area contributed by atoms with Gasteiger partial charge in [-0.15, -0.1) is 11.3 Å². The molecule has 0 saturated carbocycles. The van der Waals surface area contributed by atoms with Gasteiger partial charge in [-0.25, -0.2) is 0 Å². The molecule has 0 atom stereocenters. The first kappa shape index (κ1) is 12.2. The van der Waals surface area contributed by atoms with Crippen LogP contribution in [0.5, 0.6) is 0 Å². The van der Waals surface area contributed by atoms with Crippen molar-refractivity contribution in [3.8, 4) is 0 Å². The Morgan fingerprint density at radius 2 is 1.95 bits per heavy atom. The third-order valence-electron chi connectivity index (χ3n) is 2.81. The zero-order valence-electron chi connectivity index (χ0n) is 9.89. The van der Waals surface area contributed by atoms with E-state index in [0.717, 1.165) is 16.1 Å². The number of carbonyl (C=O) groups is 1. The minimum Gasteiger partial charge on any atom is -0.321 e. The number of nitrogens with one attached hydrogen (secondary N) is 1. The molecule has 2 aromatic rings. The molecule has 4 heteroatoms. The second-order valence-corrected chi connectivity index (χ2v) is 5.55. The molecule has 0 bridgehead atoms. The number of rotatable bonds is 2. The van der Waals surface area contributed by atoms with E-state index in [-0.39, 0.29) is 5.91 Å². The van der Waals surface area contributed by atoms with Crippen LogP contribution in [0, 0.1) is 0 Å². The molecule has 0 unspecified atom stereocenters. The maximum atomic E-state index is 11.9. The van der Waals surface area contributed by atoms with Gasteiger partial charge >= 0.3 is 0 Å². The first-order valence-corrected chi connectivity index (χ1v) is 7.02. The monoisotopic (exact) mass is 287 g/mol. The highest BCUT2D eigenvalue weighted by molar-refractivity contribution is 7.10. The molecule has 2 nitrogen and oxygen atoms in total. The van der Waals surface area contributed by atoms with Crippen LogP contribution in [0.3, 0.4) is 0 Å². The summed E-state index contributed by atoms with van der Waals surface area (Å²) in [5.41, 5.74) is 2.43. The fraction of sp³-hybridized carbons (Fsp3) is 0. The number of carbonyl (C=O) groups excluding carboxylic acids is 1. The van der Waals surface area contributed by atoms with Gasteiger partial charge in [-0.05, 0) is 41.3 Å². The summed E-state index contributed by atoms with van der Waals surface area (Å²) in [4.78, 5) is 13.0. The molecule has 0 radical (unpaired) electrons. The number of thiophene rings is 1. The van der Waals surface area contributed by atoms with Crippen LogP contribution >= 0.6 is 22.9 Å². The van der Waals surface area contributed by atoms with Crippen molar-refractivity contribution >= 4 is 40.6 Å². The van der Waals surface area contributed by atoms with Crippen molar-refractivity contribution in [3.05, 3.63) is 68.9 Å². The first-order chi connectivity index (χ1) is 9.22. The molecule has 0 spiro atoms. The van der Waals surface area contributed by atoms with E-state index in [4.69, 9.17) is 11.6 Å². The molecule has 19 heavy (non-hydrogen) atoms. The summed E-state index contributed by atoms with van der Waals surface area (Å²) in [6.07, 6.45) is 3.76. The number of amides is 1. The van der Waals surface area contributed by atoms with Crippen LogP contribution in [0.4, 0.5) is 0 Å². The lowest BCUT2D eigenvalue weighted by Gasteiger charge is -2.02. The molecule has 94 valence electrons. The van der Waals surface area contributed by atoms with Gasteiger partial charge in [0.05, 0.1) is 0 Å². The number of benzene rings is 1. The Morgan fingerprint density at radius 1 is 1.16 bits per heavy atom. The third-order valence-corrected chi connectivity index (χ3v) is 3.88. The minimum atomic E-state index is -0.0710. The summed E-state index contributed by atoms with van der Waals surface area (Å²) in [7, 11) is 0. The van der Waals surface area contributed by atoms with Gasteiger partial charge in [-0.3, -0.25) is 4.79 Å². The van der Waals surface area contributed by atoms with Crippen molar-refractivity contribution in [2.75, 3.05) is 0 Å².